The van der Waals surface area contributed by atoms with E-state index in [0.717, 1.165) is 6.42 Å². The Balaban J connectivity index is 3.91. The summed E-state index contributed by atoms with van der Waals surface area (Å²) < 4.78 is 4.79. The van der Waals surface area contributed by atoms with Crippen molar-refractivity contribution in [3.05, 3.63) is 0 Å². The highest BCUT2D eigenvalue weighted by atomic mass is 16.5. The Kier molecular flexibility index (Phi) is 5.12. The van der Waals surface area contributed by atoms with Gasteiger partial charge < -0.3 is 10.1 Å². The van der Waals surface area contributed by atoms with Crippen molar-refractivity contribution >= 4 is 6.09 Å². The van der Waals surface area contributed by atoms with Gasteiger partial charge in [-0.2, -0.15) is 0 Å². The van der Waals surface area contributed by atoms with E-state index in [1.807, 2.05) is 0 Å². The second-order valence-corrected chi connectivity index (χ2v) is 5.53. The van der Waals surface area contributed by atoms with E-state index in [-0.39, 0.29) is 16.9 Å². The van der Waals surface area contributed by atoms with Gasteiger partial charge in [0.2, 0.25) is 0 Å². The van der Waals surface area contributed by atoms with Crippen molar-refractivity contribution in [1.29, 1.82) is 0 Å². The lowest BCUT2D eigenvalue weighted by Crippen LogP contribution is -2.35. The molecule has 0 fully saturated rings. The first-order valence-corrected chi connectivity index (χ1v) is 5.61. The molecule has 0 saturated carbocycles. The van der Waals surface area contributed by atoms with E-state index < -0.39 is 0 Å². The molecular weight excluding hydrogens is 190 g/mol. The van der Waals surface area contributed by atoms with Gasteiger partial charge in [0.05, 0.1) is 6.61 Å². The molecule has 3 nitrogen and oxygen atoms in total. The minimum absolute atomic E-state index is 0.201. The molecule has 0 rings (SSSR count). The minimum Gasteiger partial charge on any atom is -0.450 e. The first kappa shape index (κ1) is 14.3. The number of nitrogens with one attached hydrogen (secondary N) is 1. The molecule has 0 radical (unpaired) electrons. The fourth-order valence-corrected chi connectivity index (χ4v) is 1.03. The number of carbonyl (C=O) groups is 1. The highest BCUT2D eigenvalue weighted by Gasteiger charge is 2.32. The molecule has 90 valence electrons. The zero-order valence-electron chi connectivity index (χ0n) is 10.9. The lowest BCUT2D eigenvalue weighted by molar-refractivity contribution is 0.114. The van der Waals surface area contributed by atoms with E-state index in [1.165, 1.54) is 0 Å². The summed E-state index contributed by atoms with van der Waals surface area (Å²) in [6.07, 6.45) is 0.636. The first-order chi connectivity index (χ1) is 6.70. The number of hydrogen-bond donors (Lipinski definition) is 1. The first-order valence-electron chi connectivity index (χ1n) is 5.61. The highest BCUT2D eigenvalue weighted by Crippen LogP contribution is 2.40. The summed E-state index contributed by atoms with van der Waals surface area (Å²) in [6.45, 7) is 14.0. The van der Waals surface area contributed by atoms with Crippen LogP contribution >= 0.6 is 0 Å². The Bertz CT molecular complexity index is 204. The Morgan fingerprint density at radius 2 is 1.73 bits per heavy atom. The lowest BCUT2D eigenvalue weighted by atomic mass is 9.67. The molecule has 0 aromatic rings. The van der Waals surface area contributed by atoms with Crippen molar-refractivity contribution in [3.8, 4) is 0 Å². The van der Waals surface area contributed by atoms with Gasteiger partial charge in [0, 0.05) is 6.54 Å². The summed E-state index contributed by atoms with van der Waals surface area (Å²) in [4.78, 5) is 11.0. The summed E-state index contributed by atoms with van der Waals surface area (Å²) in [5.74, 6) is 0. The summed E-state index contributed by atoms with van der Waals surface area (Å²) in [5.41, 5.74) is 0.440. The van der Waals surface area contributed by atoms with E-state index in [0.29, 0.717) is 13.2 Å². The van der Waals surface area contributed by atoms with Crippen LogP contribution in [-0.4, -0.2) is 19.2 Å². The molecule has 0 aromatic carbocycles. The van der Waals surface area contributed by atoms with Crippen LogP contribution in [-0.2, 0) is 4.74 Å². The number of alkyl carbamates (subject to hydrolysis) is 1. The van der Waals surface area contributed by atoms with Crippen molar-refractivity contribution in [3.63, 3.8) is 0 Å². The molecule has 1 N–H and O–H groups in total. The molecule has 0 aromatic heterocycles. The van der Waals surface area contributed by atoms with Crippen molar-refractivity contribution in [2.75, 3.05) is 13.2 Å². The largest absolute Gasteiger partial charge is 0.450 e. The van der Waals surface area contributed by atoms with Crippen LogP contribution in [0.15, 0.2) is 0 Å². The van der Waals surface area contributed by atoms with Gasteiger partial charge in [-0.3, -0.25) is 0 Å². The summed E-state index contributed by atoms with van der Waals surface area (Å²) in [5, 5.41) is 2.75. The van der Waals surface area contributed by atoms with Crippen molar-refractivity contribution in [1.82, 2.24) is 5.32 Å². The average Bonchev–Trinajstić information content (AvgIpc) is 2.01. The summed E-state index contributed by atoms with van der Waals surface area (Å²) in [7, 11) is 0. The van der Waals surface area contributed by atoms with Gasteiger partial charge in [-0.1, -0.05) is 34.6 Å². The number of hydrogen-bond acceptors (Lipinski definition) is 2. The number of carbonyl (C=O) groups excluding carboxylic acids is 1. The highest BCUT2D eigenvalue weighted by molar-refractivity contribution is 5.66. The molecule has 0 heterocycles. The van der Waals surface area contributed by atoms with Gasteiger partial charge in [-0.15, -0.1) is 0 Å². The average molecular weight is 215 g/mol. The van der Waals surface area contributed by atoms with Crippen LogP contribution in [0, 0.1) is 10.8 Å². The molecule has 0 saturated heterocycles. The molecule has 0 bridgehead atoms. The maximum Gasteiger partial charge on any atom is 0.407 e. The molecule has 0 atom stereocenters. The summed E-state index contributed by atoms with van der Waals surface area (Å²) in [6, 6.07) is 0. The van der Waals surface area contributed by atoms with Crippen LogP contribution in [0.5, 0.6) is 0 Å². The van der Waals surface area contributed by atoms with E-state index in [4.69, 9.17) is 4.74 Å². The molecule has 0 aliphatic rings. The Labute approximate surface area is 93.6 Å². The third kappa shape index (κ3) is 5.05. The zero-order chi connectivity index (χ0) is 12.1. The second-order valence-electron chi connectivity index (χ2n) is 5.53. The molecule has 0 unspecified atom stereocenters. The minimum atomic E-state index is -0.317. The molecule has 15 heavy (non-hydrogen) atoms. The van der Waals surface area contributed by atoms with E-state index in [2.05, 4.69) is 39.9 Å². The van der Waals surface area contributed by atoms with E-state index in [1.54, 1.807) is 6.92 Å². The van der Waals surface area contributed by atoms with Gasteiger partial charge in [-0.25, -0.2) is 4.79 Å². The van der Waals surface area contributed by atoms with E-state index >= 15 is 0 Å². The Morgan fingerprint density at radius 1 is 1.20 bits per heavy atom. The zero-order valence-corrected chi connectivity index (χ0v) is 10.9. The molecule has 3 heteroatoms. The van der Waals surface area contributed by atoms with Gasteiger partial charge in [-0.05, 0) is 24.2 Å². The van der Waals surface area contributed by atoms with Crippen LogP contribution in [0.3, 0.4) is 0 Å². The van der Waals surface area contributed by atoms with Gasteiger partial charge >= 0.3 is 6.09 Å². The van der Waals surface area contributed by atoms with Crippen LogP contribution in [0.25, 0.3) is 0 Å². The number of amides is 1. The van der Waals surface area contributed by atoms with Crippen LogP contribution in [0.2, 0.25) is 0 Å². The monoisotopic (exact) mass is 215 g/mol. The predicted molar refractivity (Wildman–Crippen MR) is 62.9 cm³/mol. The fourth-order valence-electron chi connectivity index (χ4n) is 1.03. The SMILES string of the molecule is CCOC(=O)NCCC(C)(C)C(C)(C)C. The summed E-state index contributed by atoms with van der Waals surface area (Å²) >= 11 is 0. The third-order valence-corrected chi connectivity index (χ3v) is 3.33. The molecule has 0 spiro atoms. The topological polar surface area (TPSA) is 38.3 Å². The van der Waals surface area contributed by atoms with Crippen molar-refractivity contribution in [2.45, 2.75) is 48.0 Å². The Hall–Kier alpha value is -0.730. The normalized spacial score (nSPS) is 12.4. The van der Waals surface area contributed by atoms with Crippen LogP contribution < -0.4 is 5.32 Å². The maximum absolute atomic E-state index is 11.0. The third-order valence-electron chi connectivity index (χ3n) is 3.33. The maximum atomic E-state index is 11.0. The number of rotatable bonds is 4. The predicted octanol–water partition coefficient (Wildman–Crippen LogP) is 3.19. The van der Waals surface area contributed by atoms with E-state index in [9.17, 15) is 4.79 Å². The number of ether oxygens (including phenoxy) is 1. The Morgan fingerprint density at radius 3 is 2.13 bits per heavy atom. The quantitative estimate of drug-likeness (QED) is 0.782. The molecule has 0 aliphatic carbocycles. The fraction of sp³-hybridized carbons (Fsp3) is 0.917. The van der Waals surface area contributed by atoms with Gasteiger partial charge in [0.15, 0.2) is 0 Å². The van der Waals surface area contributed by atoms with Gasteiger partial charge in [0.25, 0.3) is 0 Å². The standard InChI is InChI=1S/C12H25NO2/c1-7-15-10(14)13-9-8-12(5,6)11(2,3)4/h7-9H2,1-6H3,(H,13,14). The molecule has 0 aliphatic heterocycles. The van der Waals surface area contributed by atoms with Gasteiger partial charge in [0.1, 0.15) is 0 Å². The van der Waals surface area contributed by atoms with Crippen LogP contribution in [0.4, 0.5) is 4.79 Å². The molecular formula is C12H25NO2. The second kappa shape index (κ2) is 5.38. The van der Waals surface area contributed by atoms with Crippen LogP contribution in [0.1, 0.15) is 48.0 Å². The smallest absolute Gasteiger partial charge is 0.407 e. The van der Waals surface area contributed by atoms with Crippen molar-refractivity contribution < 1.29 is 9.53 Å². The lowest BCUT2D eigenvalue weighted by Gasteiger charge is -2.39. The molecule has 1 amide bonds. The van der Waals surface area contributed by atoms with Crippen molar-refractivity contribution in [2.24, 2.45) is 10.8 Å².